The smallest absolute Gasteiger partial charge is 0.237 e. The summed E-state index contributed by atoms with van der Waals surface area (Å²) in [5.74, 6) is 1.31. The summed E-state index contributed by atoms with van der Waals surface area (Å²) in [6, 6.07) is -0.0518. The van der Waals surface area contributed by atoms with E-state index in [0.29, 0.717) is 24.7 Å². The van der Waals surface area contributed by atoms with Crippen LogP contribution in [0.2, 0.25) is 0 Å². The zero-order valence-corrected chi connectivity index (χ0v) is 9.98. The number of rotatable bonds is 4. The van der Waals surface area contributed by atoms with Gasteiger partial charge in [0.15, 0.2) is 5.82 Å². The van der Waals surface area contributed by atoms with Crippen molar-refractivity contribution in [2.24, 2.45) is 5.92 Å². The van der Waals surface area contributed by atoms with Gasteiger partial charge in [0.05, 0.1) is 6.04 Å². The van der Waals surface area contributed by atoms with E-state index in [-0.39, 0.29) is 11.9 Å². The Kier molecular flexibility index (Phi) is 4.08. The van der Waals surface area contributed by atoms with Crippen molar-refractivity contribution in [3.05, 3.63) is 12.2 Å². The fourth-order valence-corrected chi connectivity index (χ4v) is 2.03. The van der Waals surface area contributed by atoms with Gasteiger partial charge in [0.1, 0.15) is 0 Å². The summed E-state index contributed by atoms with van der Waals surface area (Å²) in [5, 5.41) is 9.80. The quantitative estimate of drug-likeness (QED) is 0.778. The van der Waals surface area contributed by atoms with Gasteiger partial charge in [-0.2, -0.15) is 4.98 Å². The predicted molar refractivity (Wildman–Crippen MR) is 61.2 cm³/mol. The summed E-state index contributed by atoms with van der Waals surface area (Å²) in [6.45, 7) is 3.65. The molecule has 6 nitrogen and oxygen atoms in total. The molecule has 2 heterocycles. The monoisotopic (exact) mass is 238 g/mol. The van der Waals surface area contributed by atoms with Crippen molar-refractivity contribution in [1.82, 2.24) is 20.8 Å². The molecular formula is C11H18N4O2. The first-order chi connectivity index (χ1) is 8.25. The Balaban J connectivity index is 1.70. The van der Waals surface area contributed by atoms with Gasteiger partial charge < -0.3 is 15.2 Å². The van der Waals surface area contributed by atoms with Crippen LogP contribution < -0.4 is 10.6 Å². The highest BCUT2D eigenvalue weighted by molar-refractivity contribution is 5.81. The minimum atomic E-state index is -0.0518. The van der Waals surface area contributed by atoms with E-state index in [2.05, 4.69) is 32.2 Å². The Morgan fingerprint density at radius 1 is 1.71 bits per heavy atom. The Labute approximate surface area is 100 Å². The van der Waals surface area contributed by atoms with Gasteiger partial charge >= 0.3 is 0 Å². The average molecular weight is 238 g/mol. The second-order valence-electron chi connectivity index (χ2n) is 4.52. The normalized spacial score (nSPS) is 24.5. The Morgan fingerprint density at radius 2 is 2.59 bits per heavy atom. The van der Waals surface area contributed by atoms with Gasteiger partial charge in [0.25, 0.3) is 0 Å². The molecule has 1 fully saturated rings. The molecule has 2 N–H and O–H groups in total. The predicted octanol–water partition coefficient (Wildman–Crippen LogP) is 0.116. The SMILES string of the molecule is CC1CCNC(C(=O)NCCc2ncon2)C1. The second-order valence-corrected chi connectivity index (χ2v) is 4.52. The maximum absolute atomic E-state index is 11.8. The largest absolute Gasteiger partial charge is 0.354 e. The zero-order chi connectivity index (χ0) is 12.1. The molecule has 1 aliphatic heterocycles. The van der Waals surface area contributed by atoms with E-state index in [1.807, 2.05) is 0 Å². The van der Waals surface area contributed by atoms with Crippen LogP contribution in [0, 0.1) is 5.92 Å². The molecule has 0 aromatic carbocycles. The zero-order valence-electron chi connectivity index (χ0n) is 9.98. The van der Waals surface area contributed by atoms with E-state index in [9.17, 15) is 4.79 Å². The highest BCUT2D eigenvalue weighted by Gasteiger charge is 2.23. The molecule has 6 heteroatoms. The van der Waals surface area contributed by atoms with Crippen molar-refractivity contribution < 1.29 is 9.32 Å². The lowest BCUT2D eigenvalue weighted by atomic mass is 9.94. The molecular weight excluding hydrogens is 220 g/mol. The fraction of sp³-hybridized carbons (Fsp3) is 0.727. The van der Waals surface area contributed by atoms with Gasteiger partial charge in [-0.3, -0.25) is 4.79 Å². The topological polar surface area (TPSA) is 80.0 Å². The summed E-state index contributed by atoms with van der Waals surface area (Å²) >= 11 is 0. The molecule has 1 saturated heterocycles. The van der Waals surface area contributed by atoms with Crippen LogP contribution in [0.5, 0.6) is 0 Å². The lowest BCUT2D eigenvalue weighted by molar-refractivity contribution is -0.124. The number of aromatic nitrogens is 2. The third-order valence-electron chi connectivity index (χ3n) is 3.04. The minimum Gasteiger partial charge on any atom is -0.354 e. The van der Waals surface area contributed by atoms with Crippen LogP contribution in [0.3, 0.4) is 0 Å². The van der Waals surface area contributed by atoms with Crippen LogP contribution >= 0.6 is 0 Å². The highest BCUT2D eigenvalue weighted by atomic mass is 16.5. The van der Waals surface area contributed by atoms with Crippen molar-refractivity contribution in [1.29, 1.82) is 0 Å². The van der Waals surface area contributed by atoms with E-state index >= 15 is 0 Å². The van der Waals surface area contributed by atoms with Crippen LogP contribution in [0.4, 0.5) is 0 Å². The molecule has 17 heavy (non-hydrogen) atoms. The molecule has 1 aromatic rings. The molecule has 2 rings (SSSR count). The first-order valence-corrected chi connectivity index (χ1v) is 6.02. The number of amides is 1. The molecule has 94 valence electrons. The molecule has 2 unspecified atom stereocenters. The van der Waals surface area contributed by atoms with Crippen molar-refractivity contribution in [2.45, 2.75) is 32.2 Å². The molecule has 0 saturated carbocycles. The van der Waals surface area contributed by atoms with Crippen molar-refractivity contribution >= 4 is 5.91 Å². The number of nitrogens with zero attached hydrogens (tertiary/aromatic N) is 2. The number of carbonyl (C=O) groups excluding carboxylic acids is 1. The first-order valence-electron chi connectivity index (χ1n) is 6.02. The minimum absolute atomic E-state index is 0.0518. The van der Waals surface area contributed by atoms with Gasteiger partial charge in [0.2, 0.25) is 12.3 Å². The first kappa shape index (κ1) is 12.0. The Bertz CT molecular complexity index is 352. The number of nitrogens with one attached hydrogen (secondary N) is 2. The Morgan fingerprint density at radius 3 is 3.29 bits per heavy atom. The third-order valence-corrected chi connectivity index (χ3v) is 3.04. The average Bonchev–Trinajstić information content (AvgIpc) is 2.82. The molecule has 0 spiro atoms. The standard InChI is InChI=1S/C11H18N4O2/c1-8-2-4-12-9(6-8)11(16)13-5-3-10-14-7-17-15-10/h7-9,12H,2-6H2,1H3,(H,13,16). The van der Waals surface area contributed by atoms with Crippen LogP contribution in [-0.4, -0.2) is 35.2 Å². The van der Waals surface area contributed by atoms with Crippen molar-refractivity contribution in [2.75, 3.05) is 13.1 Å². The van der Waals surface area contributed by atoms with Gasteiger partial charge in [-0.1, -0.05) is 12.1 Å². The number of hydrogen-bond acceptors (Lipinski definition) is 5. The number of piperidine rings is 1. The van der Waals surface area contributed by atoms with Gasteiger partial charge in [-0.05, 0) is 25.3 Å². The molecule has 1 aliphatic rings. The summed E-state index contributed by atoms with van der Waals surface area (Å²) in [7, 11) is 0. The summed E-state index contributed by atoms with van der Waals surface area (Å²) < 4.78 is 4.62. The molecule has 1 amide bonds. The molecule has 2 atom stereocenters. The van der Waals surface area contributed by atoms with E-state index in [4.69, 9.17) is 0 Å². The third kappa shape index (κ3) is 3.52. The summed E-state index contributed by atoms with van der Waals surface area (Å²) in [5.41, 5.74) is 0. The summed E-state index contributed by atoms with van der Waals surface area (Å²) in [4.78, 5) is 15.7. The molecule has 0 aliphatic carbocycles. The van der Waals surface area contributed by atoms with Crippen molar-refractivity contribution in [3.63, 3.8) is 0 Å². The number of carbonyl (C=O) groups is 1. The molecule has 1 aromatic heterocycles. The fourth-order valence-electron chi connectivity index (χ4n) is 2.03. The van der Waals surface area contributed by atoms with Crippen molar-refractivity contribution in [3.8, 4) is 0 Å². The van der Waals surface area contributed by atoms with E-state index in [1.54, 1.807) is 0 Å². The maximum atomic E-state index is 11.8. The van der Waals surface area contributed by atoms with Gasteiger partial charge in [0, 0.05) is 13.0 Å². The van der Waals surface area contributed by atoms with Gasteiger partial charge in [-0.15, -0.1) is 0 Å². The maximum Gasteiger partial charge on any atom is 0.237 e. The lowest BCUT2D eigenvalue weighted by Gasteiger charge is -2.27. The van der Waals surface area contributed by atoms with E-state index in [1.165, 1.54) is 6.39 Å². The van der Waals surface area contributed by atoms with Crippen LogP contribution in [-0.2, 0) is 11.2 Å². The summed E-state index contributed by atoms with van der Waals surface area (Å²) in [6.07, 6.45) is 3.95. The van der Waals surface area contributed by atoms with Crippen LogP contribution in [0.1, 0.15) is 25.6 Å². The second kappa shape index (κ2) is 5.77. The molecule has 0 radical (unpaired) electrons. The molecule has 0 bridgehead atoms. The van der Waals surface area contributed by atoms with Crippen LogP contribution in [0.25, 0.3) is 0 Å². The van der Waals surface area contributed by atoms with E-state index in [0.717, 1.165) is 19.4 Å². The van der Waals surface area contributed by atoms with Crippen LogP contribution in [0.15, 0.2) is 10.9 Å². The Hall–Kier alpha value is -1.43. The number of hydrogen-bond donors (Lipinski definition) is 2. The lowest BCUT2D eigenvalue weighted by Crippen LogP contribution is -2.48. The highest BCUT2D eigenvalue weighted by Crippen LogP contribution is 2.14. The van der Waals surface area contributed by atoms with E-state index < -0.39 is 0 Å². The van der Waals surface area contributed by atoms with Gasteiger partial charge in [-0.25, -0.2) is 0 Å².